The minimum Gasteiger partial charge on any atom is -0.478 e. The predicted molar refractivity (Wildman–Crippen MR) is 119 cm³/mol. The number of nitrogens with two attached hydrogens (primary N) is 1. The number of carbonyl (C=O) groups excluding carboxylic acids is 2. The zero-order valence-corrected chi connectivity index (χ0v) is 17.1. The monoisotopic (exact) mass is 414 g/mol. The van der Waals surface area contributed by atoms with Gasteiger partial charge in [-0.1, -0.05) is 55.8 Å². The van der Waals surface area contributed by atoms with Crippen LogP contribution in [0.4, 0.5) is 17.1 Å². The van der Waals surface area contributed by atoms with E-state index in [-0.39, 0.29) is 45.0 Å². The molecule has 0 spiro atoms. The Bertz CT molecular complexity index is 1230. The maximum atomic E-state index is 13.4. The number of hydrogen-bond donors (Lipinski definition) is 3. The van der Waals surface area contributed by atoms with Crippen LogP contribution in [0.5, 0.6) is 0 Å². The lowest BCUT2D eigenvalue weighted by atomic mass is 9.81. The van der Waals surface area contributed by atoms with Crippen molar-refractivity contribution in [1.29, 1.82) is 0 Å². The number of aryl methyl sites for hydroxylation is 1. The minimum atomic E-state index is -1.26. The topological polar surface area (TPSA) is 109 Å². The number of para-hydroxylation sites is 1. The summed E-state index contributed by atoms with van der Waals surface area (Å²) < 4.78 is 0. The second-order valence-corrected chi connectivity index (χ2v) is 7.53. The Morgan fingerprint density at radius 2 is 1.55 bits per heavy atom. The smallest absolute Gasteiger partial charge is 0.337 e. The first-order valence-corrected chi connectivity index (χ1v) is 10.2. The summed E-state index contributed by atoms with van der Waals surface area (Å²) in [6, 6.07) is 15.5. The molecule has 4 rings (SSSR count). The maximum absolute atomic E-state index is 13.4. The van der Waals surface area contributed by atoms with Crippen molar-refractivity contribution in [3.63, 3.8) is 0 Å². The van der Waals surface area contributed by atoms with Crippen molar-refractivity contribution in [3.8, 4) is 0 Å². The number of nitrogens with one attached hydrogen (secondary N) is 1. The van der Waals surface area contributed by atoms with Gasteiger partial charge in [0.05, 0.1) is 28.1 Å². The van der Waals surface area contributed by atoms with Crippen molar-refractivity contribution < 1.29 is 19.5 Å². The van der Waals surface area contributed by atoms with Gasteiger partial charge < -0.3 is 16.2 Å². The second kappa shape index (κ2) is 8.07. The van der Waals surface area contributed by atoms with Gasteiger partial charge in [0.15, 0.2) is 11.6 Å². The van der Waals surface area contributed by atoms with E-state index in [0.717, 1.165) is 30.5 Å². The number of anilines is 3. The average molecular weight is 414 g/mol. The molecule has 156 valence electrons. The zero-order valence-electron chi connectivity index (χ0n) is 17.1. The molecule has 0 radical (unpaired) electrons. The fraction of sp³-hybridized carbons (Fsp3) is 0.160. The van der Waals surface area contributed by atoms with Gasteiger partial charge in [-0.3, -0.25) is 9.59 Å². The molecule has 0 aromatic heterocycles. The van der Waals surface area contributed by atoms with E-state index in [0.29, 0.717) is 0 Å². The molecule has 3 aromatic rings. The van der Waals surface area contributed by atoms with Gasteiger partial charge in [0.25, 0.3) is 0 Å². The lowest BCUT2D eigenvalue weighted by Crippen LogP contribution is -2.25. The second-order valence-electron chi connectivity index (χ2n) is 7.53. The summed E-state index contributed by atoms with van der Waals surface area (Å²) >= 11 is 0. The number of unbranched alkanes of at least 4 members (excludes halogenated alkanes) is 1. The molecule has 0 heterocycles. The SMILES string of the molecule is CCCCc1ccccc1Nc1cc(C(=O)O)c(N)c2c1C(=O)c1ccccc1C2=O. The van der Waals surface area contributed by atoms with E-state index in [2.05, 4.69) is 12.2 Å². The third kappa shape index (κ3) is 3.46. The number of ketones is 2. The minimum absolute atomic E-state index is 0.0582. The fourth-order valence-corrected chi connectivity index (χ4v) is 3.97. The lowest BCUT2D eigenvalue weighted by molar-refractivity contribution is 0.0697. The standard InChI is InChI=1S/C25H22N2O4/c1-2-3-8-14-9-4-7-12-18(14)27-19-13-17(25(30)31)22(26)21-20(19)23(28)15-10-5-6-11-16(15)24(21)29/h4-7,9-13,27H,2-3,8,26H2,1H3,(H,30,31). The van der Waals surface area contributed by atoms with Crippen LogP contribution < -0.4 is 11.1 Å². The number of fused-ring (bicyclic) bond motifs is 2. The van der Waals surface area contributed by atoms with Crippen molar-refractivity contribution in [2.75, 3.05) is 11.1 Å². The Balaban J connectivity index is 1.93. The number of carboxylic acids is 1. The molecule has 6 heteroatoms. The van der Waals surface area contributed by atoms with Crippen LogP contribution in [0.2, 0.25) is 0 Å². The average Bonchev–Trinajstić information content (AvgIpc) is 2.77. The fourth-order valence-electron chi connectivity index (χ4n) is 3.97. The van der Waals surface area contributed by atoms with Crippen molar-refractivity contribution >= 4 is 34.6 Å². The summed E-state index contributed by atoms with van der Waals surface area (Å²) in [5, 5.41) is 12.9. The van der Waals surface area contributed by atoms with E-state index >= 15 is 0 Å². The van der Waals surface area contributed by atoms with Crippen LogP contribution in [0.15, 0.2) is 54.6 Å². The Kier molecular flexibility index (Phi) is 5.29. The van der Waals surface area contributed by atoms with Gasteiger partial charge in [-0.05, 0) is 30.5 Å². The molecule has 4 N–H and O–H groups in total. The number of carbonyl (C=O) groups is 3. The molecule has 6 nitrogen and oxygen atoms in total. The summed E-state index contributed by atoms with van der Waals surface area (Å²) in [7, 11) is 0. The molecule has 0 atom stereocenters. The molecule has 3 aromatic carbocycles. The number of carboxylic acid groups (broad SMARTS) is 1. The third-order valence-corrected chi connectivity index (χ3v) is 5.55. The zero-order chi connectivity index (χ0) is 22.1. The molecule has 0 fully saturated rings. The third-order valence-electron chi connectivity index (χ3n) is 5.55. The van der Waals surface area contributed by atoms with Crippen molar-refractivity contribution in [2.45, 2.75) is 26.2 Å². The normalized spacial score (nSPS) is 12.3. The highest BCUT2D eigenvalue weighted by Gasteiger charge is 2.35. The molecule has 31 heavy (non-hydrogen) atoms. The van der Waals surface area contributed by atoms with Gasteiger partial charge in [0.2, 0.25) is 0 Å². The summed E-state index contributed by atoms with van der Waals surface area (Å²) in [6.45, 7) is 2.10. The lowest BCUT2D eigenvalue weighted by Gasteiger charge is -2.24. The Morgan fingerprint density at radius 1 is 0.935 bits per heavy atom. The number of hydrogen-bond acceptors (Lipinski definition) is 5. The molecule has 1 aliphatic carbocycles. The summed E-state index contributed by atoms with van der Waals surface area (Å²) in [5.41, 5.74) is 8.31. The van der Waals surface area contributed by atoms with E-state index in [1.54, 1.807) is 24.3 Å². The van der Waals surface area contributed by atoms with E-state index < -0.39 is 11.8 Å². The van der Waals surface area contributed by atoms with Gasteiger partial charge in [-0.15, -0.1) is 0 Å². The Labute approximate surface area is 179 Å². The molecule has 0 bridgehead atoms. The highest BCUT2D eigenvalue weighted by Crippen LogP contribution is 2.39. The molecule has 0 amide bonds. The van der Waals surface area contributed by atoms with Gasteiger partial charge >= 0.3 is 5.97 Å². The maximum Gasteiger partial charge on any atom is 0.337 e. The van der Waals surface area contributed by atoms with Crippen LogP contribution in [0, 0.1) is 0 Å². The number of benzene rings is 3. The van der Waals surface area contributed by atoms with Crippen LogP contribution in [0.25, 0.3) is 0 Å². The Morgan fingerprint density at radius 3 is 2.19 bits per heavy atom. The van der Waals surface area contributed by atoms with E-state index in [1.807, 2.05) is 24.3 Å². The van der Waals surface area contributed by atoms with Gasteiger partial charge in [0, 0.05) is 16.8 Å². The number of rotatable bonds is 6. The van der Waals surface area contributed by atoms with Crippen molar-refractivity contribution in [2.24, 2.45) is 0 Å². The van der Waals surface area contributed by atoms with Gasteiger partial charge in [0.1, 0.15) is 0 Å². The number of aromatic carboxylic acids is 1. The van der Waals surface area contributed by atoms with E-state index in [4.69, 9.17) is 5.73 Å². The van der Waals surface area contributed by atoms with Crippen LogP contribution >= 0.6 is 0 Å². The highest BCUT2D eigenvalue weighted by molar-refractivity contribution is 6.32. The number of nitrogen functional groups attached to an aromatic ring is 1. The summed E-state index contributed by atoms with van der Waals surface area (Å²) in [6.07, 6.45) is 2.85. The first-order chi connectivity index (χ1) is 14.9. The van der Waals surface area contributed by atoms with Crippen LogP contribution in [0.3, 0.4) is 0 Å². The van der Waals surface area contributed by atoms with E-state index in [1.165, 1.54) is 6.07 Å². The molecular formula is C25H22N2O4. The Hall–Kier alpha value is -3.93. The quantitative estimate of drug-likeness (QED) is 0.390. The van der Waals surface area contributed by atoms with Gasteiger partial charge in [-0.2, -0.15) is 0 Å². The van der Waals surface area contributed by atoms with Gasteiger partial charge in [-0.25, -0.2) is 4.79 Å². The summed E-state index contributed by atoms with van der Waals surface area (Å²) in [5.74, 6) is -2.07. The molecule has 0 unspecified atom stereocenters. The van der Waals surface area contributed by atoms with Crippen molar-refractivity contribution in [1.82, 2.24) is 0 Å². The van der Waals surface area contributed by atoms with Crippen LogP contribution in [-0.4, -0.2) is 22.6 Å². The van der Waals surface area contributed by atoms with Crippen LogP contribution in [0.1, 0.15) is 67.5 Å². The summed E-state index contributed by atoms with van der Waals surface area (Å²) in [4.78, 5) is 38.4. The molecule has 0 saturated heterocycles. The highest BCUT2D eigenvalue weighted by atomic mass is 16.4. The first kappa shape index (κ1) is 20.3. The van der Waals surface area contributed by atoms with E-state index in [9.17, 15) is 19.5 Å². The van der Waals surface area contributed by atoms with Crippen LogP contribution in [-0.2, 0) is 6.42 Å². The largest absolute Gasteiger partial charge is 0.478 e. The molecule has 1 aliphatic rings. The predicted octanol–water partition coefficient (Wildman–Crippen LogP) is 4.83. The molecule has 0 saturated carbocycles. The molecular weight excluding hydrogens is 392 g/mol. The first-order valence-electron chi connectivity index (χ1n) is 10.2. The van der Waals surface area contributed by atoms with Crippen molar-refractivity contribution in [3.05, 3.63) is 88.0 Å². The molecule has 0 aliphatic heterocycles.